The van der Waals surface area contributed by atoms with E-state index in [9.17, 15) is 9.59 Å². The third-order valence-corrected chi connectivity index (χ3v) is 1.32. The van der Waals surface area contributed by atoms with Crippen molar-refractivity contribution in [2.24, 2.45) is 0 Å². The standard InChI is InChI=1S/C9H20N4O3/c1-9(2,3)16-8(15)12-6-5-11-7(14)13-10-4/h10H,5-6H2,1-4H3,(H,12,15)(H2,11,13,14). The monoisotopic (exact) mass is 232 g/mol. The van der Waals surface area contributed by atoms with Gasteiger partial charge in [0.05, 0.1) is 0 Å². The lowest BCUT2D eigenvalue weighted by molar-refractivity contribution is 0.0528. The second-order valence-corrected chi connectivity index (χ2v) is 4.06. The molecule has 7 nitrogen and oxygen atoms in total. The zero-order chi connectivity index (χ0) is 12.6. The number of hydrogen-bond donors (Lipinski definition) is 4. The Bertz CT molecular complexity index is 237. The molecule has 94 valence electrons. The van der Waals surface area contributed by atoms with Crippen molar-refractivity contribution in [2.45, 2.75) is 26.4 Å². The first-order valence-corrected chi connectivity index (χ1v) is 5.02. The van der Waals surface area contributed by atoms with Gasteiger partial charge in [-0.05, 0) is 20.8 Å². The number of rotatable bonds is 4. The molecule has 4 N–H and O–H groups in total. The summed E-state index contributed by atoms with van der Waals surface area (Å²) < 4.78 is 5.00. The lowest BCUT2D eigenvalue weighted by Gasteiger charge is -2.19. The van der Waals surface area contributed by atoms with E-state index in [4.69, 9.17) is 4.74 Å². The summed E-state index contributed by atoms with van der Waals surface area (Å²) in [5, 5.41) is 5.03. The largest absolute Gasteiger partial charge is 0.444 e. The zero-order valence-electron chi connectivity index (χ0n) is 10.1. The average molecular weight is 232 g/mol. The number of hydrogen-bond acceptors (Lipinski definition) is 4. The maximum absolute atomic E-state index is 11.2. The summed E-state index contributed by atoms with van der Waals surface area (Å²) in [6.45, 7) is 5.99. The molecular weight excluding hydrogens is 212 g/mol. The van der Waals surface area contributed by atoms with E-state index in [-0.39, 0.29) is 6.03 Å². The lowest BCUT2D eigenvalue weighted by Crippen LogP contribution is -2.45. The smallest absolute Gasteiger partial charge is 0.407 e. The molecule has 0 aromatic heterocycles. The third-order valence-electron chi connectivity index (χ3n) is 1.32. The molecule has 7 heteroatoms. The van der Waals surface area contributed by atoms with Crippen molar-refractivity contribution in [2.75, 3.05) is 20.1 Å². The van der Waals surface area contributed by atoms with Gasteiger partial charge >= 0.3 is 12.1 Å². The van der Waals surface area contributed by atoms with Crippen molar-refractivity contribution in [1.29, 1.82) is 0 Å². The van der Waals surface area contributed by atoms with Crippen molar-refractivity contribution >= 4 is 12.1 Å². The Balaban J connectivity index is 3.52. The highest BCUT2D eigenvalue weighted by molar-refractivity contribution is 5.73. The molecule has 0 unspecified atom stereocenters. The van der Waals surface area contributed by atoms with Gasteiger partial charge in [-0.25, -0.2) is 15.0 Å². The van der Waals surface area contributed by atoms with Gasteiger partial charge in [0.25, 0.3) is 0 Å². The van der Waals surface area contributed by atoms with E-state index < -0.39 is 11.7 Å². The fourth-order valence-corrected chi connectivity index (χ4v) is 0.812. The number of alkyl carbamates (subject to hydrolysis) is 1. The fraction of sp³-hybridized carbons (Fsp3) is 0.778. The minimum absolute atomic E-state index is 0.312. The number of hydrazine groups is 1. The quantitative estimate of drug-likeness (QED) is 0.404. The molecule has 0 radical (unpaired) electrons. The summed E-state index contributed by atoms with van der Waals surface area (Å²) in [7, 11) is 1.58. The van der Waals surface area contributed by atoms with E-state index in [0.717, 1.165) is 0 Å². The molecule has 0 bridgehead atoms. The van der Waals surface area contributed by atoms with Crippen LogP contribution in [0.4, 0.5) is 9.59 Å². The van der Waals surface area contributed by atoms with Gasteiger partial charge in [0, 0.05) is 20.1 Å². The molecular formula is C9H20N4O3. The van der Waals surface area contributed by atoms with Crippen LogP contribution in [0.5, 0.6) is 0 Å². The number of carbonyl (C=O) groups excluding carboxylic acids is 2. The Labute approximate surface area is 95.3 Å². The summed E-state index contributed by atoms with van der Waals surface area (Å²) in [4.78, 5) is 22.0. The van der Waals surface area contributed by atoms with Crippen molar-refractivity contribution in [3.63, 3.8) is 0 Å². The Kier molecular flexibility index (Phi) is 6.24. The number of ether oxygens (including phenoxy) is 1. The number of nitrogens with one attached hydrogen (secondary N) is 4. The van der Waals surface area contributed by atoms with Gasteiger partial charge in [0.15, 0.2) is 0 Å². The molecule has 0 spiro atoms. The second-order valence-electron chi connectivity index (χ2n) is 4.06. The zero-order valence-corrected chi connectivity index (χ0v) is 10.1. The highest BCUT2D eigenvalue weighted by Crippen LogP contribution is 2.05. The average Bonchev–Trinajstić information content (AvgIpc) is 2.10. The summed E-state index contributed by atoms with van der Waals surface area (Å²) in [6.07, 6.45) is -0.497. The molecule has 0 aromatic carbocycles. The highest BCUT2D eigenvalue weighted by Gasteiger charge is 2.15. The van der Waals surface area contributed by atoms with Crippen LogP contribution in [0.15, 0.2) is 0 Å². The number of carbonyl (C=O) groups is 2. The van der Waals surface area contributed by atoms with Crippen molar-refractivity contribution in [3.8, 4) is 0 Å². The van der Waals surface area contributed by atoms with Crippen molar-refractivity contribution < 1.29 is 14.3 Å². The van der Waals surface area contributed by atoms with E-state index in [0.29, 0.717) is 13.1 Å². The summed E-state index contributed by atoms with van der Waals surface area (Å²) >= 11 is 0. The molecule has 0 aliphatic rings. The molecule has 0 heterocycles. The summed E-state index contributed by atoms with van der Waals surface area (Å²) in [5.74, 6) is 0. The van der Waals surface area contributed by atoms with Crippen LogP contribution in [0, 0.1) is 0 Å². The van der Waals surface area contributed by atoms with E-state index in [1.54, 1.807) is 27.8 Å². The van der Waals surface area contributed by atoms with Gasteiger partial charge < -0.3 is 15.4 Å². The van der Waals surface area contributed by atoms with E-state index >= 15 is 0 Å². The SMILES string of the molecule is CNNC(=O)NCCNC(=O)OC(C)(C)C. The second kappa shape index (κ2) is 6.89. The van der Waals surface area contributed by atoms with Gasteiger partial charge in [0.2, 0.25) is 0 Å². The minimum atomic E-state index is -0.513. The van der Waals surface area contributed by atoms with Crippen LogP contribution in [-0.2, 0) is 4.74 Å². The first-order chi connectivity index (χ1) is 7.35. The lowest BCUT2D eigenvalue weighted by atomic mass is 10.2. The van der Waals surface area contributed by atoms with Gasteiger partial charge in [-0.3, -0.25) is 5.43 Å². The molecule has 3 amide bonds. The molecule has 0 atom stereocenters. The first-order valence-electron chi connectivity index (χ1n) is 5.02. The van der Waals surface area contributed by atoms with Crippen LogP contribution >= 0.6 is 0 Å². The number of amides is 3. The summed E-state index contributed by atoms with van der Waals surface area (Å²) in [6, 6.07) is -0.353. The molecule has 0 aromatic rings. The molecule has 0 fully saturated rings. The molecule has 0 saturated carbocycles. The van der Waals surface area contributed by atoms with Gasteiger partial charge in [0.1, 0.15) is 5.60 Å². The Morgan fingerprint density at radius 3 is 2.19 bits per heavy atom. The molecule has 0 saturated heterocycles. The molecule has 16 heavy (non-hydrogen) atoms. The Morgan fingerprint density at radius 2 is 1.69 bits per heavy atom. The van der Waals surface area contributed by atoms with Crippen molar-refractivity contribution in [1.82, 2.24) is 21.5 Å². The van der Waals surface area contributed by atoms with Gasteiger partial charge in [-0.1, -0.05) is 0 Å². The third kappa shape index (κ3) is 9.07. The predicted octanol–water partition coefficient (Wildman–Crippen LogP) is -0.0553. The topological polar surface area (TPSA) is 91.5 Å². The maximum atomic E-state index is 11.2. The van der Waals surface area contributed by atoms with Crippen LogP contribution in [-0.4, -0.2) is 37.9 Å². The van der Waals surface area contributed by atoms with Crippen LogP contribution in [0.25, 0.3) is 0 Å². The first kappa shape index (κ1) is 14.5. The van der Waals surface area contributed by atoms with E-state index in [1.807, 2.05) is 0 Å². The summed E-state index contributed by atoms with van der Waals surface area (Å²) in [5.41, 5.74) is 4.29. The number of urea groups is 1. The van der Waals surface area contributed by atoms with Crippen LogP contribution in [0.2, 0.25) is 0 Å². The van der Waals surface area contributed by atoms with Gasteiger partial charge in [-0.2, -0.15) is 0 Å². The van der Waals surface area contributed by atoms with Crippen LogP contribution in [0.1, 0.15) is 20.8 Å². The van der Waals surface area contributed by atoms with Crippen LogP contribution in [0.3, 0.4) is 0 Å². The van der Waals surface area contributed by atoms with Crippen molar-refractivity contribution in [3.05, 3.63) is 0 Å². The minimum Gasteiger partial charge on any atom is -0.444 e. The Morgan fingerprint density at radius 1 is 1.12 bits per heavy atom. The van der Waals surface area contributed by atoms with E-state index in [2.05, 4.69) is 21.5 Å². The molecule has 0 rings (SSSR count). The Hall–Kier alpha value is -1.50. The maximum Gasteiger partial charge on any atom is 0.407 e. The van der Waals surface area contributed by atoms with E-state index in [1.165, 1.54) is 0 Å². The normalized spacial score (nSPS) is 10.5. The van der Waals surface area contributed by atoms with Gasteiger partial charge in [-0.15, -0.1) is 0 Å². The fourth-order valence-electron chi connectivity index (χ4n) is 0.812. The molecule has 0 aliphatic heterocycles. The van der Waals surface area contributed by atoms with Crippen LogP contribution < -0.4 is 21.5 Å². The predicted molar refractivity (Wildman–Crippen MR) is 59.8 cm³/mol. The molecule has 0 aliphatic carbocycles. The highest BCUT2D eigenvalue weighted by atomic mass is 16.6.